The van der Waals surface area contributed by atoms with Gasteiger partial charge in [0.15, 0.2) is 11.5 Å². The minimum Gasteiger partial charge on any atom is -0.352 e. The molecule has 0 aromatic carbocycles. The first-order valence-electron chi connectivity index (χ1n) is 7.27. The first-order valence-corrected chi connectivity index (χ1v) is 7.27. The van der Waals surface area contributed by atoms with Crippen LogP contribution in [0.5, 0.6) is 0 Å². The van der Waals surface area contributed by atoms with E-state index in [1.165, 1.54) is 0 Å². The lowest BCUT2D eigenvalue weighted by molar-refractivity contribution is -0.143. The average molecular weight is 341 g/mol. The quantitative estimate of drug-likeness (QED) is 0.878. The molecule has 1 aliphatic rings. The van der Waals surface area contributed by atoms with E-state index >= 15 is 0 Å². The monoisotopic (exact) mass is 341 g/mol. The van der Waals surface area contributed by atoms with E-state index in [0.29, 0.717) is 23.1 Å². The molecule has 2 N–H and O–H groups in total. The lowest BCUT2D eigenvalue weighted by atomic mass is 10.2. The number of aromatic nitrogens is 4. The van der Waals surface area contributed by atoms with Crippen molar-refractivity contribution in [2.45, 2.75) is 19.5 Å². The van der Waals surface area contributed by atoms with Gasteiger partial charge in [-0.05, 0) is 24.3 Å². The number of halogens is 3. The summed E-state index contributed by atoms with van der Waals surface area (Å²) in [6.45, 7) is 2.34. The highest BCUT2D eigenvalue weighted by molar-refractivity contribution is 5.95. The number of nitrogens with one attached hydrogen (secondary N) is 2. The smallest absolute Gasteiger partial charge is 0.352 e. The molecule has 0 radical (unpaired) electrons. The van der Waals surface area contributed by atoms with E-state index in [2.05, 4.69) is 15.5 Å². The predicted molar refractivity (Wildman–Crippen MR) is 76.6 cm³/mol. The zero-order valence-corrected chi connectivity index (χ0v) is 12.6. The minimum atomic E-state index is -4.81. The van der Waals surface area contributed by atoms with E-state index in [9.17, 15) is 22.8 Å². The van der Waals surface area contributed by atoms with Crippen LogP contribution in [0.2, 0.25) is 0 Å². The molecule has 7 nitrogen and oxygen atoms in total. The van der Waals surface area contributed by atoms with Crippen molar-refractivity contribution in [2.24, 2.45) is 11.8 Å². The van der Waals surface area contributed by atoms with Crippen LogP contribution in [-0.2, 0) is 6.18 Å². The lowest BCUT2D eigenvalue weighted by Crippen LogP contribution is -2.28. The van der Waals surface area contributed by atoms with E-state index in [1.807, 2.05) is 12.0 Å². The Morgan fingerprint density at radius 1 is 1.46 bits per heavy atom. The second kappa shape index (κ2) is 5.77. The Morgan fingerprint density at radius 2 is 2.17 bits per heavy atom. The van der Waals surface area contributed by atoms with Crippen LogP contribution in [0.25, 0.3) is 5.82 Å². The maximum atomic E-state index is 13.4. The Balaban J connectivity index is 1.93. The van der Waals surface area contributed by atoms with Crippen molar-refractivity contribution in [3.63, 3.8) is 0 Å². The lowest BCUT2D eigenvalue weighted by Gasteiger charge is -2.12. The highest BCUT2D eigenvalue weighted by Gasteiger charge is 2.41. The molecule has 1 aliphatic carbocycles. The van der Waals surface area contributed by atoms with Crippen LogP contribution in [0, 0.1) is 11.8 Å². The van der Waals surface area contributed by atoms with Crippen molar-refractivity contribution >= 4 is 5.91 Å². The molecule has 0 spiro atoms. The average Bonchev–Trinajstić information content (AvgIpc) is 3.03. The second-order valence-corrected chi connectivity index (χ2v) is 5.78. The fraction of sp³-hybridized carbons (Fsp3) is 0.429. The standard InChI is InChI=1S/C14H14F3N5O2/c1-7-4-8(7)5-18-13(24)9-6-19-22(12(9)14(15,16)17)10-2-3-11(23)21-20-10/h2-3,6-8H,4-5H2,1H3,(H,18,24)(H,21,23). The highest BCUT2D eigenvalue weighted by Crippen LogP contribution is 2.37. The zero-order chi connectivity index (χ0) is 17.5. The third-order valence-electron chi connectivity index (χ3n) is 3.96. The molecule has 24 heavy (non-hydrogen) atoms. The summed E-state index contributed by atoms with van der Waals surface area (Å²) in [6, 6.07) is 2.12. The molecule has 3 rings (SSSR count). The van der Waals surface area contributed by atoms with Crippen LogP contribution in [0.15, 0.2) is 23.1 Å². The van der Waals surface area contributed by atoms with Crippen LogP contribution >= 0.6 is 0 Å². The normalized spacial score (nSPS) is 20.0. The van der Waals surface area contributed by atoms with Crippen molar-refractivity contribution in [1.29, 1.82) is 0 Å². The fourth-order valence-electron chi connectivity index (χ4n) is 2.42. The predicted octanol–water partition coefficient (Wildman–Crippen LogP) is 1.36. The fourth-order valence-corrected chi connectivity index (χ4v) is 2.42. The van der Waals surface area contributed by atoms with Gasteiger partial charge < -0.3 is 5.32 Å². The Hall–Kier alpha value is -2.65. The number of rotatable bonds is 4. The number of aromatic amines is 1. The first-order chi connectivity index (χ1) is 11.3. The van der Waals surface area contributed by atoms with Crippen molar-refractivity contribution in [3.8, 4) is 5.82 Å². The summed E-state index contributed by atoms with van der Waals surface area (Å²) in [7, 11) is 0. The van der Waals surface area contributed by atoms with Crippen LogP contribution < -0.4 is 10.9 Å². The molecule has 2 aromatic rings. The van der Waals surface area contributed by atoms with Crippen molar-refractivity contribution in [3.05, 3.63) is 39.9 Å². The summed E-state index contributed by atoms with van der Waals surface area (Å²) in [6.07, 6.45) is -3.01. The molecular weight excluding hydrogens is 327 g/mol. The molecule has 2 heterocycles. The van der Waals surface area contributed by atoms with Crippen LogP contribution in [0.3, 0.4) is 0 Å². The van der Waals surface area contributed by atoms with Crippen LogP contribution in [0.1, 0.15) is 29.4 Å². The topological polar surface area (TPSA) is 92.7 Å². The van der Waals surface area contributed by atoms with Gasteiger partial charge >= 0.3 is 6.18 Å². The number of alkyl halides is 3. The van der Waals surface area contributed by atoms with Gasteiger partial charge in [0, 0.05) is 12.6 Å². The molecule has 0 aliphatic heterocycles. The number of carbonyl (C=O) groups is 1. The van der Waals surface area contributed by atoms with Gasteiger partial charge in [-0.15, -0.1) is 0 Å². The number of nitrogens with zero attached hydrogens (tertiary/aromatic N) is 3. The second-order valence-electron chi connectivity index (χ2n) is 5.78. The van der Waals surface area contributed by atoms with Gasteiger partial charge in [-0.1, -0.05) is 6.92 Å². The molecule has 0 saturated heterocycles. The maximum Gasteiger partial charge on any atom is 0.434 e. The molecular formula is C14H14F3N5O2. The van der Waals surface area contributed by atoms with Crippen LogP contribution in [-0.4, -0.2) is 32.4 Å². The van der Waals surface area contributed by atoms with E-state index in [-0.39, 0.29) is 5.82 Å². The Kier molecular flexibility index (Phi) is 3.90. The molecule has 10 heteroatoms. The molecule has 1 amide bonds. The summed E-state index contributed by atoms with van der Waals surface area (Å²) in [4.78, 5) is 23.1. The van der Waals surface area contributed by atoms with Gasteiger partial charge in [-0.3, -0.25) is 9.59 Å². The van der Waals surface area contributed by atoms with E-state index < -0.39 is 28.9 Å². The van der Waals surface area contributed by atoms with Crippen molar-refractivity contribution in [1.82, 2.24) is 25.3 Å². The molecule has 1 saturated carbocycles. The number of hydrogen-bond acceptors (Lipinski definition) is 4. The first kappa shape index (κ1) is 16.2. The van der Waals surface area contributed by atoms with Gasteiger partial charge in [-0.2, -0.15) is 23.4 Å². The van der Waals surface area contributed by atoms with Gasteiger partial charge in [0.1, 0.15) is 0 Å². The molecule has 2 aromatic heterocycles. The molecule has 2 atom stereocenters. The highest BCUT2D eigenvalue weighted by atomic mass is 19.4. The van der Waals surface area contributed by atoms with Crippen molar-refractivity contribution in [2.75, 3.05) is 6.54 Å². The molecule has 0 bridgehead atoms. The molecule has 128 valence electrons. The minimum absolute atomic E-state index is 0.239. The summed E-state index contributed by atoms with van der Waals surface area (Å²) < 4.78 is 40.7. The van der Waals surface area contributed by atoms with Gasteiger partial charge in [0.25, 0.3) is 11.5 Å². The van der Waals surface area contributed by atoms with Gasteiger partial charge in [0.2, 0.25) is 0 Å². The number of amides is 1. The molecule has 2 unspecified atom stereocenters. The van der Waals surface area contributed by atoms with Crippen molar-refractivity contribution < 1.29 is 18.0 Å². The Bertz CT molecular complexity index is 806. The maximum absolute atomic E-state index is 13.4. The summed E-state index contributed by atoms with van der Waals surface area (Å²) in [5.74, 6) is -0.298. The SMILES string of the molecule is CC1CC1CNC(=O)c1cnn(-c2ccc(=O)[nH]n2)c1C(F)(F)F. The summed E-state index contributed by atoms with van der Waals surface area (Å²) in [5.41, 5.74) is -2.37. The number of H-pyrrole nitrogens is 1. The summed E-state index contributed by atoms with van der Waals surface area (Å²) >= 11 is 0. The Morgan fingerprint density at radius 3 is 2.71 bits per heavy atom. The number of carbonyl (C=O) groups excluding carboxylic acids is 1. The van der Waals surface area contributed by atoms with E-state index in [1.54, 1.807) is 0 Å². The van der Waals surface area contributed by atoms with E-state index in [0.717, 1.165) is 24.8 Å². The third-order valence-corrected chi connectivity index (χ3v) is 3.96. The third kappa shape index (κ3) is 3.17. The zero-order valence-electron chi connectivity index (χ0n) is 12.6. The van der Waals surface area contributed by atoms with Crippen LogP contribution in [0.4, 0.5) is 13.2 Å². The Labute approximate surface area is 133 Å². The number of hydrogen-bond donors (Lipinski definition) is 2. The summed E-state index contributed by atoms with van der Waals surface area (Å²) in [5, 5.41) is 11.7. The van der Waals surface area contributed by atoms with E-state index in [4.69, 9.17) is 0 Å². The largest absolute Gasteiger partial charge is 0.434 e. The molecule has 1 fully saturated rings. The van der Waals surface area contributed by atoms with Gasteiger partial charge in [0.05, 0.1) is 11.8 Å². The van der Waals surface area contributed by atoms with Gasteiger partial charge in [-0.25, -0.2) is 9.78 Å².